The molecule has 1 heterocycles. The van der Waals surface area contributed by atoms with Crippen molar-refractivity contribution in [2.45, 2.75) is 44.6 Å². The zero-order valence-electron chi connectivity index (χ0n) is 15.3. The molecule has 1 aromatic carbocycles. The van der Waals surface area contributed by atoms with Gasteiger partial charge in [0, 0.05) is 13.1 Å². The number of amides is 2. The Morgan fingerprint density at radius 3 is 3.04 bits per heavy atom. The predicted molar refractivity (Wildman–Crippen MR) is 99.5 cm³/mol. The van der Waals surface area contributed by atoms with Crippen LogP contribution in [0, 0.1) is 5.92 Å². The van der Waals surface area contributed by atoms with E-state index in [1.165, 1.54) is 12.0 Å². The lowest BCUT2D eigenvalue weighted by Gasteiger charge is -2.34. The van der Waals surface area contributed by atoms with Gasteiger partial charge in [-0.15, -0.1) is 0 Å². The van der Waals surface area contributed by atoms with Crippen LogP contribution in [0.1, 0.15) is 43.7 Å². The Bertz CT molecular complexity index is 592. The fourth-order valence-corrected chi connectivity index (χ4v) is 4.21. The van der Waals surface area contributed by atoms with Crippen molar-refractivity contribution >= 4 is 6.03 Å². The van der Waals surface area contributed by atoms with E-state index in [1.54, 1.807) is 0 Å². The molecular formula is C20H31N3O2. The Hall–Kier alpha value is -1.59. The third-order valence-corrected chi connectivity index (χ3v) is 5.56. The van der Waals surface area contributed by atoms with Crippen LogP contribution >= 0.6 is 0 Å². The highest BCUT2D eigenvalue weighted by atomic mass is 16.3. The van der Waals surface area contributed by atoms with Gasteiger partial charge in [0.1, 0.15) is 5.60 Å². The lowest BCUT2D eigenvalue weighted by Crippen LogP contribution is -2.47. The third kappa shape index (κ3) is 4.53. The number of carbonyl (C=O) groups is 1. The zero-order valence-corrected chi connectivity index (χ0v) is 15.3. The molecule has 25 heavy (non-hydrogen) atoms. The Morgan fingerprint density at radius 1 is 1.36 bits per heavy atom. The minimum atomic E-state index is -0.947. The van der Waals surface area contributed by atoms with Crippen LogP contribution in [0.5, 0.6) is 0 Å². The van der Waals surface area contributed by atoms with E-state index in [-0.39, 0.29) is 12.6 Å². The number of fused-ring (bicyclic) bond motifs is 1. The highest BCUT2D eigenvalue weighted by Crippen LogP contribution is 2.34. The zero-order chi connectivity index (χ0) is 17.7. The van der Waals surface area contributed by atoms with Gasteiger partial charge in [-0.3, -0.25) is 0 Å². The quantitative estimate of drug-likeness (QED) is 0.741. The number of urea groups is 1. The van der Waals surface area contributed by atoms with Crippen molar-refractivity contribution in [2.24, 2.45) is 5.92 Å². The van der Waals surface area contributed by atoms with Crippen LogP contribution in [0.3, 0.4) is 0 Å². The van der Waals surface area contributed by atoms with Crippen molar-refractivity contribution in [3.8, 4) is 0 Å². The Kier molecular flexibility index (Phi) is 5.97. The molecule has 0 bridgehead atoms. The van der Waals surface area contributed by atoms with Crippen LogP contribution in [0.15, 0.2) is 24.3 Å². The van der Waals surface area contributed by atoms with Crippen LogP contribution in [-0.4, -0.2) is 48.8 Å². The van der Waals surface area contributed by atoms with Gasteiger partial charge in [-0.1, -0.05) is 31.2 Å². The maximum atomic E-state index is 12.2. The van der Waals surface area contributed by atoms with Crippen molar-refractivity contribution in [1.29, 1.82) is 0 Å². The lowest BCUT2D eigenvalue weighted by atomic mass is 9.79. The smallest absolute Gasteiger partial charge is 0.314 e. The number of hydrogen-bond donors (Lipinski definition) is 3. The second kappa shape index (κ2) is 8.19. The van der Waals surface area contributed by atoms with Crippen molar-refractivity contribution < 1.29 is 9.90 Å². The molecule has 2 atom stereocenters. The maximum Gasteiger partial charge on any atom is 0.314 e. The van der Waals surface area contributed by atoms with Crippen LogP contribution < -0.4 is 10.6 Å². The highest BCUT2D eigenvalue weighted by Gasteiger charge is 2.34. The molecule has 2 amide bonds. The molecule has 3 rings (SSSR count). The second-order valence-electron chi connectivity index (χ2n) is 7.56. The van der Waals surface area contributed by atoms with Crippen LogP contribution in [0.2, 0.25) is 0 Å². The average molecular weight is 345 g/mol. The van der Waals surface area contributed by atoms with E-state index in [9.17, 15) is 9.90 Å². The fourth-order valence-electron chi connectivity index (χ4n) is 4.21. The molecule has 2 aliphatic rings. The lowest BCUT2D eigenvalue weighted by molar-refractivity contribution is 0.0217. The molecule has 0 spiro atoms. The first-order valence-corrected chi connectivity index (χ1v) is 9.65. The number of benzene rings is 1. The first-order valence-electron chi connectivity index (χ1n) is 9.65. The molecule has 5 heteroatoms. The first kappa shape index (κ1) is 18.2. The van der Waals surface area contributed by atoms with Gasteiger partial charge in [0.25, 0.3) is 0 Å². The van der Waals surface area contributed by atoms with Gasteiger partial charge >= 0.3 is 6.03 Å². The number of nitrogens with one attached hydrogen (secondary N) is 2. The molecule has 1 aromatic rings. The summed E-state index contributed by atoms with van der Waals surface area (Å²) in [6, 6.07) is 7.84. The van der Waals surface area contributed by atoms with E-state index in [1.807, 2.05) is 18.2 Å². The van der Waals surface area contributed by atoms with E-state index in [0.717, 1.165) is 44.5 Å². The molecule has 1 saturated heterocycles. The summed E-state index contributed by atoms with van der Waals surface area (Å²) in [6.07, 6.45) is 4.98. The molecule has 1 fully saturated rings. The van der Waals surface area contributed by atoms with E-state index < -0.39 is 5.60 Å². The molecule has 1 aliphatic heterocycles. The molecule has 5 nitrogen and oxygen atoms in total. The maximum absolute atomic E-state index is 12.2. The third-order valence-electron chi connectivity index (χ3n) is 5.56. The highest BCUT2D eigenvalue weighted by molar-refractivity contribution is 5.74. The van der Waals surface area contributed by atoms with Crippen molar-refractivity contribution in [2.75, 3.05) is 32.7 Å². The Balaban J connectivity index is 1.45. The molecule has 0 radical (unpaired) electrons. The molecule has 0 saturated carbocycles. The van der Waals surface area contributed by atoms with Crippen LogP contribution in [-0.2, 0) is 12.0 Å². The number of nitrogens with zero attached hydrogens (tertiary/aromatic N) is 1. The summed E-state index contributed by atoms with van der Waals surface area (Å²) in [6.45, 7) is 6.54. The van der Waals surface area contributed by atoms with E-state index in [4.69, 9.17) is 0 Å². The summed E-state index contributed by atoms with van der Waals surface area (Å²) in [5, 5.41) is 16.9. The number of carbonyl (C=O) groups excluding carboxylic acids is 1. The van der Waals surface area contributed by atoms with Crippen molar-refractivity contribution in [1.82, 2.24) is 15.5 Å². The van der Waals surface area contributed by atoms with Gasteiger partial charge < -0.3 is 20.6 Å². The standard InChI is InChI=1S/C20H31N3O2/c1-2-11-23-12-9-16(14-23)13-21-19(24)22-15-20(25)10-5-7-17-6-3-4-8-18(17)20/h3-4,6,8,16,25H,2,5,7,9-15H2,1H3,(H2,21,22,24). The largest absolute Gasteiger partial charge is 0.383 e. The summed E-state index contributed by atoms with van der Waals surface area (Å²) < 4.78 is 0. The normalized spacial score (nSPS) is 26.2. The molecule has 138 valence electrons. The molecule has 3 N–H and O–H groups in total. The number of aryl methyl sites for hydroxylation is 1. The minimum absolute atomic E-state index is 0.176. The summed E-state index contributed by atoms with van der Waals surface area (Å²) in [7, 11) is 0. The number of likely N-dealkylation sites (tertiary alicyclic amines) is 1. The molecule has 0 aromatic heterocycles. The Labute approximate surface area is 150 Å². The molecule has 1 aliphatic carbocycles. The van der Waals surface area contributed by atoms with Gasteiger partial charge in [0.2, 0.25) is 0 Å². The Morgan fingerprint density at radius 2 is 2.20 bits per heavy atom. The van der Waals surface area contributed by atoms with Gasteiger partial charge in [-0.2, -0.15) is 0 Å². The van der Waals surface area contributed by atoms with Gasteiger partial charge in [0.15, 0.2) is 0 Å². The van der Waals surface area contributed by atoms with Crippen LogP contribution in [0.4, 0.5) is 4.79 Å². The average Bonchev–Trinajstić information content (AvgIpc) is 3.07. The van der Waals surface area contributed by atoms with E-state index in [0.29, 0.717) is 18.9 Å². The number of rotatable bonds is 6. The molecule has 2 unspecified atom stereocenters. The van der Waals surface area contributed by atoms with Gasteiger partial charge in [-0.25, -0.2) is 4.79 Å². The van der Waals surface area contributed by atoms with E-state index in [2.05, 4.69) is 28.5 Å². The van der Waals surface area contributed by atoms with Crippen molar-refractivity contribution in [3.63, 3.8) is 0 Å². The van der Waals surface area contributed by atoms with Gasteiger partial charge in [0.05, 0.1) is 6.54 Å². The minimum Gasteiger partial charge on any atom is -0.383 e. The second-order valence-corrected chi connectivity index (χ2v) is 7.56. The van der Waals surface area contributed by atoms with Gasteiger partial charge in [-0.05, 0) is 62.2 Å². The summed E-state index contributed by atoms with van der Waals surface area (Å²) in [5.74, 6) is 0.538. The summed E-state index contributed by atoms with van der Waals surface area (Å²) in [5.41, 5.74) is 1.21. The van der Waals surface area contributed by atoms with Crippen LogP contribution in [0.25, 0.3) is 0 Å². The topological polar surface area (TPSA) is 64.6 Å². The molecular weight excluding hydrogens is 314 g/mol. The number of aliphatic hydroxyl groups is 1. The van der Waals surface area contributed by atoms with E-state index >= 15 is 0 Å². The SMILES string of the molecule is CCCN1CCC(CNC(=O)NCC2(O)CCCc3ccccc32)C1. The monoisotopic (exact) mass is 345 g/mol. The summed E-state index contributed by atoms with van der Waals surface area (Å²) >= 11 is 0. The van der Waals surface area contributed by atoms with Crippen molar-refractivity contribution in [3.05, 3.63) is 35.4 Å². The summed E-state index contributed by atoms with van der Waals surface area (Å²) in [4.78, 5) is 14.6. The first-order chi connectivity index (χ1) is 12.1. The predicted octanol–water partition coefficient (Wildman–Crippen LogP) is 2.24. The number of hydrogen-bond acceptors (Lipinski definition) is 3. The fraction of sp³-hybridized carbons (Fsp3) is 0.650.